The van der Waals surface area contributed by atoms with Crippen molar-refractivity contribution in [3.05, 3.63) is 30.6 Å². The second kappa shape index (κ2) is 12.1. The summed E-state index contributed by atoms with van der Waals surface area (Å²) >= 11 is 0. The van der Waals surface area contributed by atoms with Gasteiger partial charge >= 0.3 is 7.12 Å². The van der Waals surface area contributed by atoms with E-state index >= 15 is 0 Å². The summed E-state index contributed by atoms with van der Waals surface area (Å²) in [5.74, 6) is 0.833. The van der Waals surface area contributed by atoms with E-state index in [-0.39, 0.29) is 0 Å². The Hall–Kier alpha value is -0.865. The maximum Gasteiger partial charge on any atom is 0.448 e. The third-order valence-corrected chi connectivity index (χ3v) is 0.566. The molecule has 0 spiro atoms. The molecular formula is C10H20BNO2. The molecule has 1 aromatic rings. The first kappa shape index (κ1) is 15.6. The van der Waals surface area contributed by atoms with Crippen LogP contribution in [0, 0.1) is 5.92 Å². The number of hydrogen-bond donors (Lipinski definition) is 2. The zero-order valence-electron chi connectivity index (χ0n) is 9.38. The molecule has 0 bridgehead atoms. The van der Waals surface area contributed by atoms with E-state index in [9.17, 15) is 0 Å². The fourth-order valence-electron chi connectivity index (χ4n) is 0.313. The molecule has 80 valence electrons. The van der Waals surface area contributed by atoms with Gasteiger partial charge in [-0.25, -0.2) is 0 Å². The Morgan fingerprint density at radius 1 is 1.00 bits per heavy atom. The van der Waals surface area contributed by atoms with E-state index in [1.54, 1.807) is 12.4 Å². The van der Waals surface area contributed by atoms with Gasteiger partial charge in [-0.3, -0.25) is 4.98 Å². The van der Waals surface area contributed by atoms with Crippen LogP contribution in [0.1, 0.15) is 20.8 Å². The quantitative estimate of drug-likeness (QED) is 0.624. The first-order valence-corrected chi connectivity index (χ1v) is 4.68. The van der Waals surface area contributed by atoms with Crippen molar-refractivity contribution >= 4 is 7.12 Å². The molecule has 1 heterocycles. The summed E-state index contributed by atoms with van der Waals surface area (Å²) in [7, 11) is -1.17. The minimum absolute atomic E-state index is 0.833. The molecular weight excluding hydrogens is 177 g/mol. The minimum Gasteiger partial charge on any atom is -0.427 e. The Labute approximate surface area is 87.0 Å². The van der Waals surface area contributed by atoms with E-state index in [1.807, 2.05) is 18.2 Å². The van der Waals surface area contributed by atoms with Crippen LogP contribution in [0.3, 0.4) is 0 Å². The molecule has 0 fully saturated rings. The Morgan fingerprint density at radius 3 is 1.36 bits per heavy atom. The van der Waals surface area contributed by atoms with Crippen LogP contribution in [-0.2, 0) is 0 Å². The van der Waals surface area contributed by atoms with Gasteiger partial charge in [0.05, 0.1) is 0 Å². The van der Waals surface area contributed by atoms with Gasteiger partial charge < -0.3 is 10.0 Å². The maximum atomic E-state index is 7.61. The Bertz CT molecular complexity index is 143. The van der Waals surface area contributed by atoms with E-state index in [4.69, 9.17) is 10.0 Å². The van der Waals surface area contributed by atoms with Gasteiger partial charge in [0.1, 0.15) is 0 Å². The van der Waals surface area contributed by atoms with Crippen molar-refractivity contribution in [2.45, 2.75) is 27.6 Å². The van der Waals surface area contributed by atoms with Gasteiger partial charge in [0.2, 0.25) is 0 Å². The Kier molecular flexibility index (Phi) is 13.5. The highest BCUT2D eigenvalue weighted by Gasteiger charge is 1.86. The fourth-order valence-corrected chi connectivity index (χ4v) is 0.313. The molecule has 0 saturated heterocycles. The summed E-state index contributed by atoms with van der Waals surface area (Å²) in [4.78, 5) is 3.78. The van der Waals surface area contributed by atoms with Crippen LogP contribution in [0.15, 0.2) is 30.6 Å². The first-order chi connectivity index (χ1) is 6.46. The highest BCUT2D eigenvalue weighted by atomic mass is 16.4. The second-order valence-electron chi connectivity index (χ2n) is 3.39. The largest absolute Gasteiger partial charge is 0.448 e. The van der Waals surface area contributed by atoms with E-state index < -0.39 is 7.12 Å². The van der Waals surface area contributed by atoms with Gasteiger partial charge in [-0.2, -0.15) is 0 Å². The molecule has 0 aliphatic rings. The van der Waals surface area contributed by atoms with Crippen LogP contribution in [0.5, 0.6) is 0 Å². The molecule has 0 amide bonds. The van der Waals surface area contributed by atoms with E-state index in [0.717, 1.165) is 5.92 Å². The van der Waals surface area contributed by atoms with Gasteiger partial charge in [0, 0.05) is 12.4 Å². The van der Waals surface area contributed by atoms with E-state index in [1.165, 1.54) is 6.82 Å². The standard InChI is InChI=1S/C5H5N.C4H10.CH5BO2/c1-2-4-6-5-3-1;1-4(2)3;1-2(3)4/h1-5H;4H,1-3H3;3-4H,1H3. The molecule has 0 aliphatic heterocycles. The molecule has 0 atom stereocenters. The number of hydrogen-bond acceptors (Lipinski definition) is 3. The average Bonchev–Trinajstić information content (AvgIpc) is 2.05. The lowest BCUT2D eigenvalue weighted by Gasteiger charge is -1.79. The Balaban J connectivity index is 0. The second-order valence-corrected chi connectivity index (χ2v) is 3.39. The van der Waals surface area contributed by atoms with Crippen LogP contribution in [0.2, 0.25) is 6.82 Å². The Morgan fingerprint density at radius 2 is 1.29 bits per heavy atom. The number of aromatic nitrogens is 1. The van der Waals surface area contributed by atoms with Gasteiger partial charge in [0.15, 0.2) is 0 Å². The topological polar surface area (TPSA) is 53.4 Å². The molecule has 0 aliphatic carbocycles. The number of pyridine rings is 1. The minimum atomic E-state index is -1.17. The van der Waals surface area contributed by atoms with Crippen LogP contribution < -0.4 is 0 Å². The smallest absolute Gasteiger partial charge is 0.427 e. The van der Waals surface area contributed by atoms with Crippen molar-refractivity contribution in [2.24, 2.45) is 5.92 Å². The van der Waals surface area contributed by atoms with Crippen molar-refractivity contribution in [2.75, 3.05) is 0 Å². The van der Waals surface area contributed by atoms with Crippen molar-refractivity contribution in [3.8, 4) is 0 Å². The molecule has 4 heteroatoms. The van der Waals surface area contributed by atoms with E-state index in [0.29, 0.717) is 0 Å². The predicted octanol–water partition coefficient (Wildman–Crippen LogP) is 1.83. The zero-order valence-corrected chi connectivity index (χ0v) is 9.38. The lowest BCUT2D eigenvalue weighted by Crippen LogP contribution is -2.00. The van der Waals surface area contributed by atoms with Crippen LogP contribution in [0.4, 0.5) is 0 Å². The molecule has 3 nitrogen and oxygen atoms in total. The zero-order chi connectivity index (χ0) is 11.4. The van der Waals surface area contributed by atoms with Crippen molar-refractivity contribution in [1.29, 1.82) is 0 Å². The molecule has 0 unspecified atom stereocenters. The normalized spacial score (nSPS) is 7.93. The van der Waals surface area contributed by atoms with Crippen LogP contribution in [0.25, 0.3) is 0 Å². The molecule has 14 heavy (non-hydrogen) atoms. The molecule has 2 N–H and O–H groups in total. The van der Waals surface area contributed by atoms with Crippen molar-refractivity contribution in [1.82, 2.24) is 4.98 Å². The lowest BCUT2D eigenvalue weighted by atomic mass is 9.99. The molecule has 0 radical (unpaired) electrons. The highest BCUT2D eigenvalue weighted by molar-refractivity contribution is 6.38. The SMILES string of the molecule is CB(O)O.CC(C)C.c1ccncc1. The molecule has 1 rings (SSSR count). The number of rotatable bonds is 0. The molecule has 0 aromatic carbocycles. The molecule has 0 saturated carbocycles. The van der Waals surface area contributed by atoms with Gasteiger partial charge in [0.25, 0.3) is 0 Å². The summed E-state index contributed by atoms with van der Waals surface area (Å²) in [6.07, 6.45) is 3.50. The number of nitrogens with zero attached hydrogens (tertiary/aromatic N) is 1. The predicted molar refractivity (Wildman–Crippen MR) is 60.8 cm³/mol. The van der Waals surface area contributed by atoms with E-state index in [2.05, 4.69) is 25.8 Å². The third-order valence-electron chi connectivity index (χ3n) is 0.566. The summed E-state index contributed by atoms with van der Waals surface area (Å²) < 4.78 is 0. The van der Waals surface area contributed by atoms with Crippen molar-refractivity contribution < 1.29 is 10.0 Å². The van der Waals surface area contributed by atoms with Crippen LogP contribution in [-0.4, -0.2) is 22.2 Å². The summed E-state index contributed by atoms with van der Waals surface area (Å²) in [6.45, 7) is 7.78. The van der Waals surface area contributed by atoms with Gasteiger partial charge in [-0.1, -0.05) is 26.8 Å². The molecule has 1 aromatic heterocycles. The first-order valence-electron chi connectivity index (χ1n) is 4.68. The summed E-state index contributed by atoms with van der Waals surface area (Å²) in [5.41, 5.74) is 0. The maximum absolute atomic E-state index is 7.61. The highest BCUT2D eigenvalue weighted by Crippen LogP contribution is 1.81. The third kappa shape index (κ3) is 43.4. The van der Waals surface area contributed by atoms with Gasteiger partial charge in [-0.15, -0.1) is 0 Å². The average molecular weight is 197 g/mol. The fraction of sp³-hybridized carbons (Fsp3) is 0.500. The summed E-state index contributed by atoms with van der Waals surface area (Å²) in [5, 5.41) is 15.2. The monoisotopic (exact) mass is 197 g/mol. The lowest BCUT2D eigenvalue weighted by molar-refractivity contribution is 0.417. The van der Waals surface area contributed by atoms with Crippen LogP contribution >= 0.6 is 0 Å². The van der Waals surface area contributed by atoms with Crippen molar-refractivity contribution in [3.63, 3.8) is 0 Å². The summed E-state index contributed by atoms with van der Waals surface area (Å²) in [6, 6.07) is 5.72. The van der Waals surface area contributed by atoms with Gasteiger partial charge in [-0.05, 0) is 24.9 Å².